The van der Waals surface area contributed by atoms with Gasteiger partial charge in [0.2, 0.25) is 5.91 Å². The van der Waals surface area contributed by atoms with E-state index in [4.69, 9.17) is 10.2 Å². The molecule has 0 spiro atoms. The van der Waals surface area contributed by atoms with Crippen LogP contribution in [-0.2, 0) is 14.4 Å². The third kappa shape index (κ3) is 4.26. The van der Waals surface area contributed by atoms with E-state index in [1.165, 1.54) is 18.2 Å². The lowest BCUT2D eigenvalue weighted by Gasteiger charge is -2.20. The average molecular weight is 410 g/mol. The summed E-state index contributed by atoms with van der Waals surface area (Å²) in [4.78, 5) is 59.8. The van der Waals surface area contributed by atoms with Crippen molar-refractivity contribution in [1.29, 1.82) is 0 Å². The number of ketones is 2. The number of anilines is 1. The minimum atomic E-state index is -1.28. The number of carboxylic acids is 2. The molecule has 2 aromatic carbocycles. The van der Waals surface area contributed by atoms with Gasteiger partial charge in [-0.05, 0) is 12.5 Å². The van der Waals surface area contributed by atoms with Gasteiger partial charge in [-0.2, -0.15) is 0 Å². The van der Waals surface area contributed by atoms with Crippen LogP contribution in [0.1, 0.15) is 44.7 Å². The van der Waals surface area contributed by atoms with E-state index in [-0.39, 0.29) is 41.0 Å². The van der Waals surface area contributed by atoms with Crippen molar-refractivity contribution >= 4 is 35.1 Å². The first-order valence-electron chi connectivity index (χ1n) is 9.09. The molecule has 0 heterocycles. The fourth-order valence-corrected chi connectivity index (χ4v) is 3.24. The van der Waals surface area contributed by atoms with Gasteiger partial charge >= 0.3 is 11.9 Å². The summed E-state index contributed by atoms with van der Waals surface area (Å²) in [6, 6.07) is 9.72. The topological polar surface area (TPSA) is 150 Å². The molecule has 2 aromatic rings. The van der Waals surface area contributed by atoms with Gasteiger partial charge in [-0.25, -0.2) is 0 Å². The number of hydrogen-bond donors (Lipinski definition) is 4. The number of carbonyl (C=O) groups excluding carboxylic acids is 3. The van der Waals surface area contributed by atoms with Crippen molar-refractivity contribution in [2.24, 2.45) is 0 Å². The monoisotopic (exact) mass is 410 g/mol. The molecule has 0 bridgehead atoms. The smallest absolute Gasteiger partial charge is 0.320 e. The lowest BCUT2D eigenvalue weighted by atomic mass is 9.83. The van der Waals surface area contributed by atoms with Crippen LogP contribution in [0, 0.1) is 0 Å². The number of carbonyl (C=O) groups is 5. The second kappa shape index (κ2) is 8.66. The average Bonchev–Trinajstić information content (AvgIpc) is 2.71. The number of fused-ring (bicyclic) bond motifs is 2. The number of nitrogens with one attached hydrogen (secondary N) is 2. The van der Waals surface area contributed by atoms with Gasteiger partial charge in [0.1, 0.15) is 6.04 Å². The fraction of sp³-hybridized carbons (Fsp3) is 0.190. The second-order valence-electron chi connectivity index (χ2n) is 6.68. The maximum absolute atomic E-state index is 12.9. The highest BCUT2D eigenvalue weighted by atomic mass is 16.4. The molecule has 0 aliphatic heterocycles. The van der Waals surface area contributed by atoms with Crippen molar-refractivity contribution in [2.75, 3.05) is 11.9 Å². The molecule has 3 rings (SSSR count). The molecule has 154 valence electrons. The molecule has 30 heavy (non-hydrogen) atoms. The van der Waals surface area contributed by atoms with Crippen molar-refractivity contribution in [3.05, 3.63) is 64.7 Å². The zero-order valence-electron chi connectivity index (χ0n) is 15.7. The summed E-state index contributed by atoms with van der Waals surface area (Å²) in [6.07, 6.45) is -0.559. The molecule has 0 saturated heterocycles. The van der Waals surface area contributed by atoms with Crippen LogP contribution in [0.4, 0.5) is 5.69 Å². The molecule has 0 saturated carbocycles. The summed E-state index contributed by atoms with van der Waals surface area (Å²) < 4.78 is 0. The first-order chi connectivity index (χ1) is 14.3. The SMILES string of the molecule is O=C(O)CCC(NCC(=O)Nc1cccc2c1C(=O)c1ccccc1C2=O)C(=O)O. The zero-order valence-corrected chi connectivity index (χ0v) is 15.7. The molecule has 1 amide bonds. The van der Waals surface area contributed by atoms with Crippen molar-refractivity contribution < 1.29 is 34.2 Å². The Morgan fingerprint density at radius 2 is 1.50 bits per heavy atom. The first-order valence-corrected chi connectivity index (χ1v) is 9.09. The molecule has 0 aromatic heterocycles. The van der Waals surface area contributed by atoms with Gasteiger partial charge in [0.15, 0.2) is 11.6 Å². The highest BCUT2D eigenvalue weighted by Gasteiger charge is 2.31. The number of carboxylic acid groups (broad SMARTS) is 2. The minimum absolute atomic E-state index is 0.0789. The van der Waals surface area contributed by atoms with Crippen LogP contribution < -0.4 is 10.6 Å². The minimum Gasteiger partial charge on any atom is -0.481 e. The molecule has 4 N–H and O–H groups in total. The Bertz CT molecular complexity index is 1060. The van der Waals surface area contributed by atoms with Crippen molar-refractivity contribution in [3.8, 4) is 0 Å². The summed E-state index contributed by atoms with van der Waals surface area (Å²) in [5.74, 6) is -3.78. The van der Waals surface area contributed by atoms with Crippen LogP contribution in [0.3, 0.4) is 0 Å². The lowest BCUT2D eigenvalue weighted by molar-refractivity contribution is -0.140. The Morgan fingerprint density at radius 3 is 2.13 bits per heavy atom. The van der Waals surface area contributed by atoms with E-state index < -0.39 is 36.2 Å². The molecule has 1 unspecified atom stereocenters. The number of aliphatic carboxylic acids is 2. The molecule has 9 nitrogen and oxygen atoms in total. The Kier molecular flexibility index (Phi) is 6.03. The van der Waals surface area contributed by atoms with E-state index in [0.29, 0.717) is 5.56 Å². The predicted octanol–water partition coefficient (Wildman–Crippen LogP) is 1.31. The maximum atomic E-state index is 12.9. The second-order valence-corrected chi connectivity index (χ2v) is 6.68. The third-order valence-electron chi connectivity index (χ3n) is 4.68. The van der Waals surface area contributed by atoms with Crippen LogP contribution in [0.2, 0.25) is 0 Å². The molecule has 9 heteroatoms. The van der Waals surface area contributed by atoms with Gasteiger partial charge in [0.05, 0.1) is 17.8 Å². The van der Waals surface area contributed by atoms with Crippen LogP contribution in [-0.4, -0.2) is 52.2 Å². The summed E-state index contributed by atoms with van der Waals surface area (Å²) in [5, 5.41) is 22.8. The highest BCUT2D eigenvalue weighted by Crippen LogP contribution is 2.31. The molecule has 1 aliphatic rings. The van der Waals surface area contributed by atoms with Crippen molar-refractivity contribution in [1.82, 2.24) is 5.32 Å². The third-order valence-corrected chi connectivity index (χ3v) is 4.68. The standard InChI is InChI=1S/C21H18N2O7/c24-16(10-22-15(21(29)30)8-9-17(25)26)23-14-7-3-6-13-18(14)20(28)12-5-2-1-4-11(12)19(13)27/h1-7,15,22H,8-10H2,(H,23,24)(H,25,26)(H,29,30). The number of benzene rings is 2. The largest absolute Gasteiger partial charge is 0.481 e. The van der Waals surface area contributed by atoms with Gasteiger partial charge in [-0.15, -0.1) is 0 Å². The molecular weight excluding hydrogens is 392 g/mol. The van der Waals surface area contributed by atoms with E-state index in [1.807, 2.05) is 0 Å². The number of hydrogen-bond acceptors (Lipinski definition) is 6. The highest BCUT2D eigenvalue weighted by molar-refractivity contribution is 6.30. The summed E-state index contributed by atoms with van der Waals surface area (Å²) in [6.45, 7) is -0.418. The van der Waals surface area contributed by atoms with E-state index in [0.717, 1.165) is 0 Å². The lowest BCUT2D eigenvalue weighted by Crippen LogP contribution is -2.41. The van der Waals surface area contributed by atoms with Gasteiger partial charge in [-0.1, -0.05) is 36.4 Å². The van der Waals surface area contributed by atoms with Gasteiger partial charge in [0.25, 0.3) is 0 Å². The fourth-order valence-electron chi connectivity index (χ4n) is 3.24. The summed E-state index contributed by atoms with van der Waals surface area (Å²) >= 11 is 0. The Labute approximate surface area is 170 Å². The van der Waals surface area contributed by atoms with Gasteiger partial charge < -0.3 is 15.5 Å². The summed E-state index contributed by atoms with van der Waals surface area (Å²) in [7, 11) is 0. The first kappa shape index (κ1) is 20.9. The number of amides is 1. The molecule has 1 atom stereocenters. The molecule has 0 fully saturated rings. The normalized spacial score (nSPS) is 13.2. The van der Waals surface area contributed by atoms with Crippen LogP contribution in [0.15, 0.2) is 42.5 Å². The quantitative estimate of drug-likeness (QED) is 0.434. The Balaban J connectivity index is 1.76. The summed E-state index contributed by atoms with van der Waals surface area (Å²) in [5.41, 5.74) is 0.936. The Morgan fingerprint density at radius 1 is 0.867 bits per heavy atom. The van der Waals surface area contributed by atoms with E-state index in [9.17, 15) is 24.0 Å². The zero-order chi connectivity index (χ0) is 21.8. The van der Waals surface area contributed by atoms with Gasteiger partial charge in [-0.3, -0.25) is 29.3 Å². The van der Waals surface area contributed by atoms with Crippen LogP contribution in [0.25, 0.3) is 0 Å². The van der Waals surface area contributed by atoms with Crippen LogP contribution in [0.5, 0.6) is 0 Å². The van der Waals surface area contributed by atoms with E-state index in [2.05, 4.69) is 10.6 Å². The predicted molar refractivity (Wildman–Crippen MR) is 105 cm³/mol. The van der Waals surface area contributed by atoms with Crippen LogP contribution >= 0.6 is 0 Å². The Hall–Kier alpha value is -3.85. The number of rotatable bonds is 8. The van der Waals surface area contributed by atoms with E-state index in [1.54, 1.807) is 24.3 Å². The molecule has 1 aliphatic carbocycles. The maximum Gasteiger partial charge on any atom is 0.320 e. The van der Waals surface area contributed by atoms with E-state index >= 15 is 0 Å². The van der Waals surface area contributed by atoms with Gasteiger partial charge in [0, 0.05) is 23.1 Å². The molecule has 0 radical (unpaired) electrons. The molecular formula is C21H18N2O7. The van der Waals surface area contributed by atoms with Crippen molar-refractivity contribution in [2.45, 2.75) is 18.9 Å². The van der Waals surface area contributed by atoms with Crippen molar-refractivity contribution in [3.63, 3.8) is 0 Å².